The third kappa shape index (κ3) is 5.71. The van der Waals surface area contributed by atoms with E-state index in [0.717, 1.165) is 45.6 Å². The summed E-state index contributed by atoms with van der Waals surface area (Å²) in [6.45, 7) is 7.94. The van der Waals surface area contributed by atoms with Crippen LogP contribution >= 0.6 is 11.3 Å². The highest BCUT2D eigenvalue weighted by Gasteiger charge is 2.43. The summed E-state index contributed by atoms with van der Waals surface area (Å²) in [7, 11) is -3.31. The zero-order valence-electron chi connectivity index (χ0n) is 21.7. The van der Waals surface area contributed by atoms with Gasteiger partial charge in [-0.05, 0) is 53.0 Å². The number of aryl methyl sites for hydroxylation is 1. The van der Waals surface area contributed by atoms with Gasteiger partial charge in [0.15, 0.2) is 0 Å². The van der Waals surface area contributed by atoms with Crippen LogP contribution < -0.4 is 10.6 Å². The van der Waals surface area contributed by atoms with E-state index in [4.69, 9.17) is 15.0 Å². The number of aliphatic hydroxyl groups excluding tert-OH is 2. The number of nitrogens with one attached hydrogen (secondary N) is 2. The van der Waals surface area contributed by atoms with Crippen LogP contribution in [0, 0.1) is 12.8 Å². The van der Waals surface area contributed by atoms with Crippen molar-refractivity contribution in [3.63, 3.8) is 0 Å². The minimum atomic E-state index is -3.31. The second-order valence-corrected chi connectivity index (χ2v) is 14.6. The molecule has 2 aliphatic rings. The topological polar surface area (TPSA) is 150 Å². The molecule has 0 bridgehead atoms. The third-order valence-electron chi connectivity index (χ3n) is 6.73. The molecule has 4 unspecified atom stereocenters. The molecule has 200 valence electrons. The van der Waals surface area contributed by atoms with Crippen LogP contribution in [0.3, 0.4) is 0 Å². The summed E-state index contributed by atoms with van der Waals surface area (Å²) < 4.78 is 24.8. The molecular weight excluding hydrogens is 512 g/mol. The summed E-state index contributed by atoms with van der Waals surface area (Å²) in [6.07, 6.45) is 3.20. The van der Waals surface area contributed by atoms with Gasteiger partial charge in [0.1, 0.15) is 32.3 Å². The average Bonchev–Trinajstić information content (AvgIpc) is 3.47. The van der Waals surface area contributed by atoms with Crippen LogP contribution in [0.15, 0.2) is 12.3 Å². The fraction of sp³-hybridized carbons (Fsp3) is 0.600. The molecule has 5 rings (SSSR count). The molecule has 12 heteroatoms. The van der Waals surface area contributed by atoms with E-state index < -0.39 is 34.0 Å². The Bertz CT molecular complexity index is 1430. The van der Waals surface area contributed by atoms with Gasteiger partial charge in [-0.25, -0.2) is 18.4 Å². The van der Waals surface area contributed by atoms with E-state index >= 15 is 0 Å². The number of rotatable bonds is 7. The maximum Gasteiger partial charge on any atom is 0.225 e. The Morgan fingerprint density at radius 1 is 1.14 bits per heavy atom. The van der Waals surface area contributed by atoms with E-state index in [1.54, 1.807) is 11.3 Å². The monoisotopic (exact) mass is 546 g/mol. The van der Waals surface area contributed by atoms with Gasteiger partial charge in [-0.2, -0.15) is 4.98 Å². The van der Waals surface area contributed by atoms with Gasteiger partial charge in [0, 0.05) is 29.8 Å². The van der Waals surface area contributed by atoms with Crippen molar-refractivity contribution in [2.75, 3.05) is 22.6 Å². The van der Waals surface area contributed by atoms with E-state index in [9.17, 15) is 18.6 Å². The van der Waals surface area contributed by atoms with Gasteiger partial charge in [-0.1, -0.05) is 0 Å². The zero-order chi connectivity index (χ0) is 26.7. The molecule has 0 aliphatic heterocycles. The lowest BCUT2D eigenvalue weighted by Crippen LogP contribution is -2.36. The quantitative estimate of drug-likeness (QED) is 0.348. The number of aromatic nitrogens is 4. The normalized spacial score (nSPS) is 24.5. The first kappa shape index (κ1) is 26.2. The van der Waals surface area contributed by atoms with Gasteiger partial charge in [0.25, 0.3) is 0 Å². The molecule has 10 nitrogen and oxygen atoms in total. The molecule has 3 aromatic rings. The predicted molar refractivity (Wildman–Crippen MR) is 146 cm³/mol. The summed E-state index contributed by atoms with van der Waals surface area (Å²) >= 11 is 1.54. The Labute approximate surface area is 220 Å². The molecule has 3 heterocycles. The molecule has 37 heavy (non-hydrogen) atoms. The Kier molecular flexibility index (Phi) is 6.66. The van der Waals surface area contributed by atoms with Crippen molar-refractivity contribution in [3.8, 4) is 10.6 Å². The predicted octanol–water partition coefficient (Wildman–Crippen LogP) is 3.11. The van der Waals surface area contributed by atoms with Gasteiger partial charge in [0.2, 0.25) is 5.95 Å². The molecule has 2 fully saturated rings. The molecule has 0 spiro atoms. The largest absolute Gasteiger partial charge is 0.390 e. The molecule has 0 saturated heterocycles. The van der Waals surface area contributed by atoms with Crippen LogP contribution in [0.5, 0.6) is 0 Å². The summed E-state index contributed by atoms with van der Waals surface area (Å²) in [6, 6.07) is 1.38. The molecule has 4 N–H and O–H groups in total. The molecule has 0 amide bonds. The van der Waals surface area contributed by atoms with Crippen molar-refractivity contribution in [2.24, 2.45) is 5.92 Å². The fourth-order valence-electron chi connectivity index (χ4n) is 4.96. The molecule has 0 radical (unpaired) electrons. The van der Waals surface area contributed by atoms with Crippen LogP contribution in [-0.4, -0.2) is 74.4 Å². The zero-order valence-corrected chi connectivity index (χ0v) is 23.3. The summed E-state index contributed by atoms with van der Waals surface area (Å²) in [5.41, 5.74) is 3.07. The van der Waals surface area contributed by atoms with E-state index in [1.807, 2.05) is 40.0 Å². The number of nitrogens with zero attached hydrogens (tertiary/aromatic N) is 4. The van der Waals surface area contributed by atoms with Gasteiger partial charge in [-0.15, -0.1) is 11.3 Å². The van der Waals surface area contributed by atoms with Crippen LogP contribution in [0.2, 0.25) is 0 Å². The summed E-state index contributed by atoms with van der Waals surface area (Å²) in [4.78, 5) is 19.0. The SMILES string of the molecule is Cc1nc(NC(C)(C)C)nc(NC2CC(CS(C)(=O)=O)C(O)C2O)c1-c1nc2c(C3CC3)nccc2s1. The van der Waals surface area contributed by atoms with Gasteiger partial charge in [0.05, 0.1) is 39.5 Å². The Hall–Kier alpha value is -2.41. The number of anilines is 2. The Morgan fingerprint density at radius 3 is 2.51 bits per heavy atom. The maximum absolute atomic E-state index is 11.9. The van der Waals surface area contributed by atoms with Crippen molar-refractivity contribution < 1.29 is 18.6 Å². The lowest BCUT2D eigenvalue weighted by Gasteiger charge is -2.24. The second-order valence-electron chi connectivity index (χ2n) is 11.4. The van der Waals surface area contributed by atoms with E-state index in [0.29, 0.717) is 23.4 Å². The van der Waals surface area contributed by atoms with Crippen LogP contribution in [-0.2, 0) is 9.84 Å². The highest BCUT2D eigenvalue weighted by atomic mass is 32.2. The van der Waals surface area contributed by atoms with Gasteiger partial charge < -0.3 is 20.8 Å². The third-order valence-corrected chi connectivity index (χ3v) is 8.80. The van der Waals surface area contributed by atoms with E-state index in [2.05, 4.69) is 15.6 Å². The van der Waals surface area contributed by atoms with E-state index in [-0.39, 0.29) is 17.7 Å². The number of thiazole rings is 1. The second kappa shape index (κ2) is 9.40. The number of sulfone groups is 1. The lowest BCUT2D eigenvalue weighted by atomic mass is 10.1. The number of hydrogen-bond acceptors (Lipinski definition) is 11. The smallest absolute Gasteiger partial charge is 0.225 e. The maximum atomic E-state index is 11.9. The minimum Gasteiger partial charge on any atom is -0.390 e. The van der Waals surface area contributed by atoms with Crippen molar-refractivity contribution >= 4 is 43.2 Å². The molecule has 2 saturated carbocycles. The fourth-order valence-corrected chi connectivity index (χ4v) is 7.14. The summed E-state index contributed by atoms with van der Waals surface area (Å²) in [5, 5.41) is 28.8. The standard InChI is InChI=1S/C25H34N6O4S2/c1-12-17(23-29-19-16(36-23)8-9-26-18(19)13-6-7-13)22(30-24(27-12)31-25(2,3)4)28-15-10-14(11-37(5,34)35)20(32)21(15)33/h8-9,13-15,20-21,32-33H,6-7,10-11H2,1-5H3,(H2,27,28,30,31). The highest BCUT2D eigenvalue weighted by Crippen LogP contribution is 2.44. The highest BCUT2D eigenvalue weighted by molar-refractivity contribution is 7.90. The molecule has 3 aromatic heterocycles. The molecule has 2 aliphatic carbocycles. The first-order valence-electron chi connectivity index (χ1n) is 12.5. The Morgan fingerprint density at radius 2 is 1.86 bits per heavy atom. The summed E-state index contributed by atoms with van der Waals surface area (Å²) in [5.74, 6) is 0.600. The lowest BCUT2D eigenvalue weighted by molar-refractivity contribution is 0.0216. The number of aliphatic hydroxyl groups is 2. The van der Waals surface area contributed by atoms with Crippen molar-refractivity contribution in [1.82, 2.24) is 19.9 Å². The van der Waals surface area contributed by atoms with Crippen LogP contribution in [0.4, 0.5) is 11.8 Å². The van der Waals surface area contributed by atoms with Gasteiger partial charge in [-0.3, -0.25) is 4.98 Å². The van der Waals surface area contributed by atoms with Gasteiger partial charge >= 0.3 is 0 Å². The first-order valence-corrected chi connectivity index (χ1v) is 15.4. The van der Waals surface area contributed by atoms with Crippen molar-refractivity contribution in [1.29, 1.82) is 0 Å². The number of hydrogen-bond donors (Lipinski definition) is 4. The first-order chi connectivity index (χ1) is 17.3. The molecular formula is C25H34N6O4S2. The average molecular weight is 547 g/mol. The van der Waals surface area contributed by atoms with E-state index in [1.165, 1.54) is 0 Å². The van der Waals surface area contributed by atoms with Crippen LogP contribution in [0.25, 0.3) is 20.8 Å². The minimum absolute atomic E-state index is 0.190. The number of pyridine rings is 1. The van der Waals surface area contributed by atoms with Crippen LogP contribution in [0.1, 0.15) is 57.3 Å². The van der Waals surface area contributed by atoms with Crippen molar-refractivity contribution in [2.45, 2.75) is 76.7 Å². The molecule has 4 atom stereocenters. The Balaban J connectivity index is 1.56. The number of fused-ring (bicyclic) bond motifs is 1. The van der Waals surface area contributed by atoms with Crippen molar-refractivity contribution in [3.05, 3.63) is 23.7 Å². The molecule has 0 aromatic carbocycles.